The minimum atomic E-state index is -0.493. The van der Waals surface area contributed by atoms with Gasteiger partial charge in [0.1, 0.15) is 12.4 Å². The van der Waals surface area contributed by atoms with Crippen LogP contribution in [0.2, 0.25) is 0 Å². The number of anilines is 1. The van der Waals surface area contributed by atoms with Crippen LogP contribution < -0.4 is 10.6 Å². The third-order valence-electron chi connectivity index (χ3n) is 4.78. The number of benzene rings is 2. The van der Waals surface area contributed by atoms with E-state index in [9.17, 15) is 9.18 Å². The van der Waals surface area contributed by atoms with Crippen molar-refractivity contribution in [3.05, 3.63) is 65.5 Å². The van der Waals surface area contributed by atoms with Crippen LogP contribution >= 0.6 is 0 Å². The second kappa shape index (κ2) is 7.55. The smallest absolute Gasteiger partial charge is 0.407 e. The molecule has 4 nitrogen and oxygen atoms in total. The molecule has 2 N–H and O–H groups in total. The summed E-state index contributed by atoms with van der Waals surface area (Å²) in [6.07, 6.45) is 0.419. The molecular formula is C20H23FN2O2. The number of nitrogens with one attached hydrogen (secondary N) is 2. The number of rotatable bonds is 4. The number of alkyl carbamates (subject to hydrolysis) is 1. The Hall–Kier alpha value is -2.56. The Labute approximate surface area is 147 Å². The van der Waals surface area contributed by atoms with Gasteiger partial charge in [0.15, 0.2) is 0 Å². The van der Waals surface area contributed by atoms with Crippen LogP contribution in [0.1, 0.15) is 37.4 Å². The van der Waals surface area contributed by atoms with Crippen LogP contribution in [0.3, 0.4) is 0 Å². The fourth-order valence-electron chi connectivity index (χ4n) is 3.34. The summed E-state index contributed by atoms with van der Waals surface area (Å²) in [4.78, 5) is 12.3. The lowest BCUT2D eigenvalue weighted by atomic mass is 9.82. The molecule has 0 radical (unpaired) electrons. The second-order valence-corrected chi connectivity index (χ2v) is 6.43. The quantitative estimate of drug-likeness (QED) is 0.851. The van der Waals surface area contributed by atoms with Crippen molar-refractivity contribution < 1.29 is 13.9 Å². The molecule has 3 atom stereocenters. The van der Waals surface area contributed by atoms with E-state index in [1.807, 2.05) is 30.3 Å². The lowest BCUT2D eigenvalue weighted by molar-refractivity contribution is 0.130. The molecule has 0 spiro atoms. The van der Waals surface area contributed by atoms with Gasteiger partial charge in [-0.2, -0.15) is 0 Å². The van der Waals surface area contributed by atoms with E-state index in [1.54, 1.807) is 6.07 Å². The summed E-state index contributed by atoms with van der Waals surface area (Å²) in [7, 11) is 0. The Morgan fingerprint density at radius 1 is 1.24 bits per heavy atom. The molecular weight excluding hydrogens is 319 g/mol. The molecule has 25 heavy (non-hydrogen) atoms. The molecule has 0 bridgehead atoms. The number of ether oxygens (including phenoxy) is 1. The molecule has 1 amide bonds. The molecule has 0 aromatic heterocycles. The van der Waals surface area contributed by atoms with Crippen molar-refractivity contribution >= 4 is 11.8 Å². The summed E-state index contributed by atoms with van der Waals surface area (Å²) in [5.74, 6) is -0.198. The first-order valence-electron chi connectivity index (χ1n) is 8.61. The Kier molecular flexibility index (Phi) is 5.22. The topological polar surface area (TPSA) is 50.4 Å². The van der Waals surface area contributed by atoms with Gasteiger partial charge in [-0.15, -0.1) is 0 Å². The number of hydrogen-bond acceptors (Lipinski definition) is 3. The number of amides is 1. The van der Waals surface area contributed by atoms with Crippen LogP contribution in [0.5, 0.6) is 0 Å². The summed E-state index contributed by atoms with van der Waals surface area (Å²) in [5, 5.41) is 6.34. The van der Waals surface area contributed by atoms with Crippen LogP contribution in [0.15, 0.2) is 48.5 Å². The lowest BCUT2D eigenvalue weighted by Gasteiger charge is -2.38. The molecule has 1 aliphatic heterocycles. The predicted octanol–water partition coefficient (Wildman–Crippen LogP) is 4.63. The molecule has 1 unspecified atom stereocenters. The normalized spacial score (nSPS) is 21.8. The van der Waals surface area contributed by atoms with Crippen LogP contribution in [0.4, 0.5) is 14.9 Å². The second-order valence-electron chi connectivity index (χ2n) is 6.43. The first-order valence-corrected chi connectivity index (χ1v) is 8.61. The molecule has 2 aromatic carbocycles. The molecule has 0 saturated heterocycles. The van der Waals surface area contributed by atoms with E-state index in [2.05, 4.69) is 24.5 Å². The van der Waals surface area contributed by atoms with Crippen LogP contribution in [-0.2, 0) is 11.3 Å². The standard InChI is InChI=1S/C20H23FN2O2/c1-3-17-13(2)19(16-11-15(21)9-10-18(16)22-17)23-20(24)25-12-14-7-5-4-6-8-14/h4-11,13,17,19,22H,3,12H2,1-2H3,(H,23,24)/t13-,17-,19?/m0/s1. The van der Waals surface area contributed by atoms with E-state index < -0.39 is 6.09 Å². The van der Waals surface area contributed by atoms with Gasteiger partial charge in [-0.05, 0) is 30.2 Å². The van der Waals surface area contributed by atoms with Crippen LogP contribution in [0, 0.1) is 11.7 Å². The third kappa shape index (κ3) is 3.92. The van der Waals surface area contributed by atoms with Gasteiger partial charge in [-0.25, -0.2) is 9.18 Å². The maximum atomic E-state index is 13.7. The number of carbonyl (C=O) groups is 1. The molecule has 132 valence electrons. The summed E-state index contributed by atoms with van der Waals surface area (Å²) in [6, 6.07) is 14.1. The number of halogens is 1. The van der Waals surface area contributed by atoms with Crippen molar-refractivity contribution in [2.75, 3.05) is 5.32 Å². The zero-order chi connectivity index (χ0) is 17.8. The van der Waals surface area contributed by atoms with Gasteiger partial charge < -0.3 is 15.4 Å². The van der Waals surface area contributed by atoms with Gasteiger partial charge in [0.2, 0.25) is 0 Å². The molecule has 1 heterocycles. The van der Waals surface area contributed by atoms with Crippen molar-refractivity contribution in [1.29, 1.82) is 0 Å². The summed E-state index contributed by atoms with van der Waals surface area (Å²) in [5.41, 5.74) is 2.54. The molecule has 0 fully saturated rings. The predicted molar refractivity (Wildman–Crippen MR) is 95.8 cm³/mol. The van der Waals surface area contributed by atoms with E-state index in [0.717, 1.165) is 23.2 Å². The van der Waals surface area contributed by atoms with Gasteiger partial charge in [0, 0.05) is 23.2 Å². The summed E-state index contributed by atoms with van der Waals surface area (Å²) < 4.78 is 19.0. The molecule has 3 rings (SSSR count). The van der Waals surface area contributed by atoms with E-state index in [1.165, 1.54) is 12.1 Å². The zero-order valence-corrected chi connectivity index (χ0v) is 14.5. The van der Waals surface area contributed by atoms with E-state index >= 15 is 0 Å². The first kappa shape index (κ1) is 17.3. The maximum absolute atomic E-state index is 13.7. The van der Waals surface area contributed by atoms with Gasteiger partial charge in [-0.1, -0.05) is 44.2 Å². The molecule has 0 saturated carbocycles. The minimum Gasteiger partial charge on any atom is -0.445 e. The Bertz CT molecular complexity index is 736. The van der Waals surface area contributed by atoms with Crippen LogP contribution in [-0.4, -0.2) is 12.1 Å². The fraction of sp³-hybridized carbons (Fsp3) is 0.350. The van der Waals surface area contributed by atoms with Crippen LogP contribution in [0.25, 0.3) is 0 Å². The number of carbonyl (C=O) groups excluding carboxylic acids is 1. The average Bonchev–Trinajstić information content (AvgIpc) is 2.63. The summed E-state index contributed by atoms with van der Waals surface area (Å²) >= 11 is 0. The minimum absolute atomic E-state index is 0.114. The van der Waals surface area contributed by atoms with Gasteiger partial charge in [0.25, 0.3) is 0 Å². The highest BCUT2D eigenvalue weighted by Gasteiger charge is 2.34. The van der Waals surface area contributed by atoms with Gasteiger partial charge in [0.05, 0.1) is 6.04 Å². The highest BCUT2D eigenvalue weighted by atomic mass is 19.1. The fourth-order valence-corrected chi connectivity index (χ4v) is 3.34. The van der Waals surface area contributed by atoms with Crippen molar-refractivity contribution in [2.24, 2.45) is 5.92 Å². The van der Waals surface area contributed by atoms with E-state index in [-0.39, 0.29) is 30.4 Å². The number of fused-ring (bicyclic) bond motifs is 1. The SMILES string of the molecule is CC[C@@H]1Nc2ccc(F)cc2C(NC(=O)OCc2ccccc2)[C@H]1C. The highest BCUT2D eigenvalue weighted by molar-refractivity contribution is 5.69. The Morgan fingerprint density at radius 2 is 2.00 bits per heavy atom. The highest BCUT2D eigenvalue weighted by Crippen LogP contribution is 2.38. The number of hydrogen-bond donors (Lipinski definition) is 2. The zero-order valence-electron chi connectivity index (χ0n) is 14.5. The monoisotopic (exact) mass is 342 g/mol. The largest absolute Gasteiger partial charge is 0.445 e. The van der Waals surface area contributed by atoms with Crippen molar-refractivity contribution in [1.82, 2.24) is 5.32 Å². The molecule has 2 aromatic rings. The lowest BCUT2D eigenvalue weighted by Crippen LogP contribution is -2.43. The average molecular weight is 342 g/mol. The molecule has 1 aliphatic rings. The van der Waals surface area contributed by atoms with E-state index in [4.69, 9.17) is 4.74 Å². The molecule has 0 aliphatic carbocycles. The Morgan fingerprint density at radius 3 is 2.72 bits per heavy atom. The third-order valence-corrected chi connectivity index (χ3v) is 4.78. The van der Waals surface area contributed by atoms with E-state index in [0.29, 0.717) is 0 Å². The van der Waals surface area contributed by atoms with Crippen molar-refractivity contribution in [3.63, 3.8) is 0 Å². The molecule has 5 heteroatoms. The summed E-state index contributed by atoms with van der Waals surface area (Å²) in [6.45, 7) is 4.35. The first-order chi connectivity index (χ1) is 12.1. The van der Waals surface area contributed by atoms with Gasteiger partial charge in [-0.3, -0.25) is 0 Å². The van der Waals surface area contributed by atoms with Crippen molar-refractivity contribution in [3.8, 4) is 0 Å². The Balaban J connectivity index is 1.73. The van der Waals surface area contributed by atoms with Gasteiger partial charge >= 0.3 is 6.09 Å². The van der Waals surface area contributed by atoms with Crippen molar-refractivity contribution in [2.45, 2.75) is 39.0 Å². The maximum Gasteiger partial charge on any atom is 0.407 e.